The van der Waals surface area contributed by atoms with Crippen LogP contribution in [0.5, 0.6) is 5.75 Å². The second-order valence-corrected chi connectivity index (χ2v) is 3.69. The quantitative estimate of drug-likeness (QED) is 0.689. The Kier molecular flexibility index (Phi) is 2.27. The first-order valence-corrected chi connectivity index (χ1v) is 4.66. The van der Waals surface area contributed by atoms with Crippen LogP contribution in [0.25, 0.3) is 0 Å². The van der Waals surface area contributed by atoms with Gasteiger partial charge in [0.1, 0.15) is 0 Å². The molecule has 3 nitrogen and oxygen atoms in total. The minimum Gasteiger partial charge on any atom is -0.486 e. The number of halogens is 1. The summed E-state index contributed by atoms with van der Waals surface area (Å²) in [6.07, 6.45) is 3.73. The van der Waals surface area contributed by atoms with Gasteiger partial charge < -0.3 is 9.64 Å². The normalized spacial score (nSPS) is 15.4. The summed E-state index contributed by atoms with van der Waals surface area (Å²) in [4.78, 5) is 5.52. The van der Waals surface area contributed by atoms with E-state index in [1.165, 1.54) is 6.20 Å². The van der Waals surface area contributed by atoms with E-state index in [1.807, 2.05) is 19.0 Å². The molecule has 0 aliphatic heterocycles. The van der Waals surface area contributed by atoms with Crippen molar-refractivity contribution in [1.82, 2.24) is 4.98 Å². The largest absolute Gasteiger partial charge is 0.486 e. The zero-order valence-electron chi connectivity index (χ0n) is 8.33. The van der Waals surface area contributed by atoms with Crippen LogP contribution in [-0.2, 0) is 0 Å². The zero-order valence-corrected chi connectivity index (χ0v) is 8.33. The van der Waals surface area contributed by atoms with E-state index in [-0.39, 0.29) is 11.9 Å². The predicted molar refractivity (Wildman–Crippen MR) is 52.2 cm³/mol. The maximum Gasteiger partial charge on any atom is 0.255 e. The molecule has 1 aromatic rings. The molecule has 2 rings (SSSR count). The average molecular weight is 196 g/mol. The number of anilines is 1. The summed E-state index contributed by atoms with van der Waals surface area (Å²) in [5.41, 5.74) is 0.849. The first-order chi connectivity index (χ1) is 6.66. The molecule has 1 aromatic heterocycles. The van der Waals surface area contributed by atoms with Crippen LogP contribution >= 0.6 is 0 Å². The van der Waals surface area contributed by atoms with Crippen LogP contribution in [0.15, 0.2) is 12.3 Å². The highest BCUT2D eigenvalue weighted by Gasteiger charge is 2.25. The molecule has 0 radical (unpaired) electrons. The molecule has 0 N–H and O–H groups in total. The van der Waals surface area contributed by atoms with Crippen molar-refractivity contribution in [2.24, 2.45) is 0 Å². The summed E-state index contributed by atoms with van der Waals surface area (Å²) in [6, 6.07) is 1.68. The lowest BCUT2D eigenvalue weighted by Gasteiger charge is -2.13. The van der Waals surface area contributed by atoms with E-state index in [0.29, 0.717) is 0 Å². The summed E-state index contributed by atoms with van der Waals surface area (Å²) >= 11 is 0. The van der Waals surface area contributed by atoms with Crippen LogP contribution in [0.2, 0.25) is 0 Å². The van der Waals surface area contributed by atoms with Crippen LogP contribution in [0.3, 0.4) is 0 Å². The highest BCUT2D eigenvalue weighted by molar-refractivity contribution is 5.47. The molecule has 1 aliphatic carbocycles. The smallest absolute Gasteiger partial charge is 0.255 e. The van der Waals surface area contributed by atoms with Gasteiger partial charge in [0.2, 0.25) is 0 Å². The Bertz CT molecular complexity index is 337. The molecule has 0 amide bonds. The number of rotatable bonds is 3. The Balaban J connectivity index is 2.21. The van der Waals surface area contributed by atoms with Gasteiger partial charge in [-0.2, -0.15) is 4.39 Å². The molecule has 0 bridgehead atoms. The molecular formula is C10H13FN2O. The molecule has 1 fully saturated rings. The fourth-order valence-electron chi connectivity index (χ4n) is 1.11. The lowest BCUT2D eigenvalue weighted by Crippen LogP contribution is -2.10. The molecule has 0 aromatic carbocycles. The number of ether oxygens (including phenoxy) is 1. The molecule has 0 spiro atoms. The third kappa shape index (κ3) is 1.95. The topological polar surface area (TPSA) is 25.4 Å². The van der Waals surface area contributed by atoms with Gasteiger partial charge in [0, 0.05) is 20.2 Å². The van der Waals surface area contributed by atoms with Crippen LogP contribution in [0.1, 0.15) is 12.8 Å². The molecule has 0 unspecified atom stereocenters. The number of nitrogens with zero attached hydrogens (tertiary/aromatic N) is 2. The summed E-state index contributed by atoms with van der Waals surface area (Å²) in [7, 11) is 3.77. The van der Waals surface area contributed by atoms with Crippen molar-refractivity contribution in [2.75, 3.05) is 19.0 Å². The van der Waals surface area contributed by atoms with Gasteiger partial charge >= 0.3 is 0 Å². The Hall–Kier alpha value is -1.32. The monoisotopic (exact) mass is 196 g/mol. The van der Waals surface area contributed by atoms with E-state index in [9.17, 15) is 4.39 Å². The number of aromatic nitrogens is 1. The number of hydrogen-bond acceptors (Lipinski definition) is 3. The van der Waals surface area contributed by atoms with E-state index >= 15 is 0 Å². The van der Waals surface area contributed by atoms with Crippen molar-refractivity contribution in [3.05, 3.63) is 18.2 Å². The van der Waals surface area contributed by atoms with Crippen molar-refractivity contribution in [2.45, 2.75) is 18.9 Å². The lowest BCUT2D eigenvalue weighted by atomic mass is 10.4. The van der Waals surface area contributed by atoms with Crippen molar-refractivity contribution < 1.29 is 9.13 Å². The van der Waals surface area contributed by atoms with Gasteiger partial charge in [-0.1, -0.05) is 0 Å². The lowest BCUT2D eigenvalue weighted by molar-refractivity contribution is 0.283. The Morgan fingerprint density at radius 2 is 2.21 bits per heavy atom. The second-order valence-electron chi connectivity index (χ2n) is 3.69. The standard InChI is InChI=1S/C10H13FN2O/c1-13(2)7-5-9(10(11)12-6-7)14-8-3-4-8/h5-6,8H,3-4H2,1-2H3. The fourth-order valence-corrected chi connectivity index (χ4v) is 1.11. The predicted octanol–water partition coefficient (Wildman–Crippen LogP) is 1.83. The summed E-state index contributed by atoms with van der Waals surface area (Å²) in [6.45, 7) is 0. The molecule has 4 heteroatoms. The van der Waals surface area contributed by atoms with Gasteiger partial charge in [-0.3, -0.25) is 0 Å². The minimum absolute atomic E-state index is 0.198. The molecule has 1 aliphatic rings. The third-order valence-electron chi connectivity index (χ3n) is 2.13. The van der Waals surface area contributed by atoms with E-state index < -0.39 is 5.95 Å². The van der Waals surface area contributed by atoms with E-state index in [0.717, 1.165) is 18.5 Å². The number of hydrogen-bond donors (Lipinski definition) is 0. The van der Waals surface area contributed by atoms with Crippen molar-refractivity contribution >= 4 is 5.69 Å². The Labute approximate surface area is 82.5 Å². The van der Waals surface area contributed by atoms with Crippen LogP contribution in [0, 0.1) is 5.95 Å². The highest BCUT2D eigenvalue weighted by atomic mass is 19.1. The maximum absolute atomic E-state index is 13.2. The van der Waals surface area contributed by atoms with Crippen molar-refractivity contribution in [3.8, 4) is 5.75 Å². The Morgan fingerprint density at radius 1 is 1.50 bits per heavy atom. The van der Waals surface area contributed by atoms with Gasteiger partial charge in [0.05, 0.1) is 18.0 Å². The van der Waals surface area contributed by atoms with Crippen LogP contribution in [-0.4, -0.2) is 25.2 Å². The average Bonchev–Trinajstić information content (AvgIpc) is 2.92. The van der Waals surface area contributed by atoms with Gasteiger partial charge in [0.15, 0.2) is 5.75 Å². The van der Waals surface area contributed by atoms with E-state index in [4.69, 9.17) is 4.74 Å². The van der Waals surface area contributed by atoms with Gasteiger partial charge in [-0.25, -0.2) is 4.98 Å². The maximum atomic E-state index is 13.2. The molecule has 14 heavy (non-hydrogen) atoms. The van der Waals surface area contributed by atoms with Crippen molar-refractivity contribution in [3.63, 3.8) is 0 Å². The summed E-state index contributed by atoms with van der Waals surface area (Å²) in [5, 5.41) is 0. The number of pyridine rings is 1. The highest BCUT2D eigenvalue weighted by Crippen LogP contribution is 2.29. The fraction of sp³-hybridized carbons (Fsp3) is 0.500. The van der Waals surface area contributed by atoms with E-state index in [2.05, 4.69) is 4.98 Å². The summed E-state index contributed by atoms with van der Waals surface area (Å²) < 4.78 is 18.5. The molecule has 1 heterocycles. The molecule has 76 valence electrons. The van der Waals surface area contributed by atoms with Gasteiger partial charge in [-0.15, -0.1) is 0 Å². The van der Waals surface area contributed by atoms with E-state index in [1.54, 1.807) is 6.07 Å². The van der Waals surface area contributed by atoms with Crippen LogP contribution < -0.4 is 9.64 Å². The Morgan fingerprint density at radius 3 is 2.79 bits per heavy atom. The summed E-state index contributed by atoms with van der Waals surface area (Å²) in [5.74, 6) is -0.263. The van der Waals surface area contributed by atoms with Gasteiger partial charge in [0.25, 0.3) is 5.95 Å². The van der Waals surface area contributed by atoms with Crippen LogP contribution in [0.4, 0.5) is 10.1 Å². The second kappa shape index (κ2) is 3.44. The molecule has 1 saturated carbocycles. The SMILES string of the molecule is CN(C)c1cnc(F)c(OC2CC2)c1. The van der Waals surface area contributed by atoms with Gasteiger partial charge in [-0.05, 0) is 12.8 Å². The molecular weight excluding hydrogens is 183 g/mol. The molecule has 0 atom stereocenters. The minimum atomic E-state index is -0.525. The van der Waals surface area contributed by atoms with Crippen molar-refractivity contribution in [1.29, 1.82) is 0 Å². The first-order valence-electron chi connectivity index (χ1n) is 4.66. The molecule has 0 saturated heterocycles. The third-order valence-corrected chi connectivity index (χ3v) is 2.13. The zero-order chi connectivity index (χ0) is 10.1. The first kappa shape index (κ1) is 9.24.